The number of nitrogens with zero attached hydrogens (tertiary/aromatic N) is 8. The highest BCUT2D eigenvalue weighted by Gasteiger charge is 2.53. The maximum Gasteiger partial charge on any atom is 0.409 e. The molecule has 0 aromatic heterocycles. The Kier molecular flexibility index (Phi) is 30.1. The van der Waals surface area contributed by atoms with E-state index in [1.54, 1.807) is 75.9 Å². The number of methoxy groups -OCH3 is 8. The first-order chi connectivity index (χ1) is 56.2. The number of fused-ring (bicyclic) bond motifs is 1. The Morgan fingerprint density at radius 3 is 0.821 bits per heavy atom. The lowest BCUT2D eigenvalue weighted by molar-refractivity contribution is 0.129. The smallest absolute Gasteiger partial charge is 0.409 e. The zero-order chi connectivity index (χ0) is 84.5. The second kappa shape index (κ2) is 39.6. The van der Waals surface area contributed by atoms with E-state index >= 15 is 0 Å². The molecule has 28 nitrogen and oxygen atoms in total. The number of hydrogen-bond donors (Lipinski definition) is 4. The summed E-state index contributed by atoms with van der Waals surface area (Å²) in [6.45, 7) is 19.3. The van der Waals surface area contributed by atoms with Crippen molar-refractivity contribution in [2.45, 2.75) is 193 Å². The number of carbonyl (C=O) groups excluding carboxylic acids is 4. The van der Waals surface area contributed by atoms with Crippen molar-refractivity contribution >= 4 is 47.2 Å². The van der Waals surface area contributed by atoms with E-state index < -0.39 is 22.3 Å². The monoisotopic (exact) mass is 1620 g/mol. The van der Waals surface area contributed by atoms with Gasteiger partial charge in [0.05, 0.1) is 92.3 Å². The van der Waals surface area contributed by atoms with E-state index in [2.05, 4.69) is 69.3 Å². The van der Waals surface area contributed by atoms with E-state index in [1.165, 1.54) is 78.1 Å². The summed E-state index contributed by atoms with van der Waals surface area (Å²) in [5, 5.41) is 43.3. The molecule has 0 radical (unpaired) electrons. The fraction of sp³-hybridized carbons (Fsp3) is 0.573. The lowest BCUT2D eigenvalue weighted by atomic mass is 9.73. The molecular weight excluding hydrogens is 1500 g/mol. The van der Waals surface area contributed by atoms with E-state index in [4.69, 9.17) is 56.8 Å². The van der Waals surface area contributed by atoms with Crippen LogP contribution in [0.25, 0.3) is 0 Å². The van der Waals surface area contributed by atoms with Crippen LogP contribution >= 0.6 is 0 Å². The van der Waals surface area contributed by atoms with Gasteiger partial charge in [0.2, 0.25) is 0 Å². The zero-order valence-corrected chi connectivity index (χ0v) is 71.4. The highest BCUT2D eigenvalue weighted by molar-refractivity contribution is 5.92. The Morgan fingerprint density at radius 2 is 0.598 bits per heavy atom. The maximum absolute atomic E-state index is 12.3. The summed E-state index contributed by atoms with van der Waals surface area (Å²) in [5.74, 6) is 5.58. The normalized spacial score (nSPS) is 24.9. The third-order valence-corrected chi connectivity index (χ3v) is 26.0. The van der Waals surface area contributed by atoms with E-state index in [9.17, 15) is 34.8 Å². The molecule has 7 fully saturated rings. The van der Waals surface area contributed by atoms with Crippen molar-refractivity contribution in [3.05, 3.63) is 130 Å². The number of likely N-dealkylation sites (tertiary alicyclic amines) is 4. The first-order valence-electron chi connectivity index (χ1n) is 40.7. The van der Waals surface area contributed by atoms with Gasteiger partial charge >= 0.3 is 24.4 Å². The molecule has 28 heteroatoms. The van der Waals surface area contributed by atoms with Gasteiger partial charge in [-0.25, -0.2) is 19.2 Å². The van der Waals surface area contributed by atoms with Gasteiger partial charge in [-0.1, -0.05) is 91.7 Å². The molecule has 4 saturated heterocycles. The van der Waals surface area contributed by atoms with Gasteiger partial charge < -0.3 is 97.5 Å². The molecule has 0 bridgehead atoms. The Morgan fingerprint density at radius 1 is 0.359 bits per heavy atom. The molecule has 8 atom stereocenters. The molecule has 5 aromatic rings. The molecular formula is C89H123N9O19. The van der Waals surface area contributed by atoms with Crippen LogP contribution in [0, 0.1) is 21.7 Å². The largest absolute Gasteiger partial charge is 0.493 e. The molecule has 4 heterocycles. The fourth-order valence-electron chi connectivity index (χ4n) is 18.4. The topological polar surface area (TPSA) is 314 Å². The van der Waals surface area contributed by atoms with Crippen LogP contribution in [0.5, 0.6) is 46.0 Å². The summed E-state index contributed by atoms with van der Waals surface area (Å²) in [7, 11) is 13.9. The molecule has 4 aliphatic heterocycles. The number of amides is 4. The molecule has 638 valence electrons. The SMILES string of the molecule is CN/N=C(\C)C1(C)CN(C(=O)OC)CC1c1ccc(OC)c(OC2CCCC2)c1.COC(=O)N1CC(c2ccc(OC)c(OC3CCCC3)c2)[C@@](C)(/C(C)=N\O)C1.COC(=O)N1CC(c2ccc(OC)c(OC3CCCC3)c2)[C@](C)(/C(C)=N\O)C1.COC(=O)N1CC(c2ccc(OC)c(OC3Cc4ccccc4C3)c2)[C@](C)(/C(C)=N\O)C1. The number of carbonyl (C=O) groups is 4. The number of rotatable bonds is 21. The number of benzene rings is 5. The highest BCUT2D eigenvalue weighted by Crippen LogP contribution is 2.52. The van der Waals surface area contributed by atoms with Gasteiger partial charge in [-0.3, -0.25) is 0 Å². The van der Waals surface area contributed by atoms with Gasteiger partial charge in [0, 0.05) is 123 Å². The standard InChI is InChI=1S/C25H30N2O5.C22H33N3O4.2C21H30N2O5/c1-16(26-29)25(2)15-27(24(28)31-4)14-21(25)19-9-10-22(30-3)23(13-19)32-20-11-17-7-5-6-8-18(17)12-20;1-15(24-23-3)22(2)14-25(21(26)28-5)13-18(22)16-10-11-19(27-4)20(12-16)29-17-8-6-7-9-17;2*1-14(22-25)21(2)13-23(20(24)27-4)12-17(21)15-9-10-18(26-3)19(11-15)28-16-7-5-6-8-16/h5-10,13,20-21,29H,11-12,14-15H2,1-4H3;10-12,17-18,23H,6-9,13-14H2,1-5H3;2*9-11,16-17,25H,5-8,12-13H2,1-4H3/b26-16-;24-15+;2*22-14-/t21?,25-;;2*17?,21-/m0.10/s1. The number of oxime groups is 3. The maximum atomic E-state index is 12.3. The summed E-state index contributed by atoms with van der Waals surface area (Å²) in [6, 6.07) is 32.2. The van der Waals surface area contributed by atoms with Crippen molar-refractivity contribution in [3.8, 4) is 46.0 Å². The Hall–Kier alpha value is -10.5. The molecule has 117 heavy (non-hydrogen) atoms. The first kappa shape index (κ1) is 88.8. The summed E-state index contributed by atoms with van der Waals surface area (Å²) in [4.78, 5) is 55.5. The zero-order valence-electron chi connectivity index (χ0n) is 71.4. The van der Waals surface area contributed by atoms with E-state index in [1.807, 2.05) is 88.4 Å². The van der Waals surface area contributed by atoms with Crippen LogP contribution < -0.4 is 43.3 Å². The van der Waals surface area contributed by atoms with Gasteiger partial charge in [0.25, 0.3) is 0 Å². The summed E-state index contributed by atoms with van der Waals surface area (Å²) >= 11 is 0. The molecule has 8 aliphatic rings. The average molecular weight is 1620 g/mol. The molecule has 13 rings (SSSR count). The van der Waals surface area contributed by atoms with E-state index in [0.717, 1.165) is 102 Å². The molecule has 4 aliphatic carbocycles. The van der Waals surface area contributed by atoms with Crippen molar-refractivity contribution in [1.29, 1.82) is 0 Å². The summed E-state index contributed by atoms with van der Waals surface area (Å²) in [5.41, 5.74) is 10.5. The second-order valence-corrected chi connectivity index (χ2v) is 32.9. The minimum Gasteiger partial charge on any atom is -0.493 e. The van der Waals surface area contributed by atoms with Crippen LogP contribution in [0.3, 0.4) is 0 Å². The average Bonchev–Trinajstić information content (AvgIpc) is 1.61. The van der Waals surface area contributed by atoms with Gasteiger partial charge in [0.15, 0.2) is 46.0 Å². The van der Waals surface area contributed by atoms with Crippen LogP contribution in [0.15, 0.2) is 118 Å². The highest BCUT2D eigenvalue weighted by atomic mass is 16.6. The Labute approximate surface area is 689 Å². The van der Waals surface area contributed by atoms with Crippen LogP contribution in [0.2, 0.25) is 0 Å². The number of hydrogen-bond acceptors (Lipinski definition) is 24. The van der Waals surface area contributed by atoms with Crippen molar-refractivity contribution < 1.29 is 91.6 Å². The molecule has 4 amide bonds. The lowest BCUT2D eigenvalue weighted by Crippen LogP contribution is -2.36. The lowest BCUT2D eigenvalue weighted by Gasteiger charge is -2.31. The van der Waals surface area contributed by atoms with Gasteiger partial charge in [-0.2, -0.15) is 5.10 Å². The predicted molar refractivity (Wildman–Crippen MR) is 445 cm³/mol. The Bertz CT molecular complexity index is 4220. The minimum atomic E-state index is -0.543. The molecule has 3 saturated carbocycles. The summed E-state index contributed by atoms with van der Waals surface area (Å²) in [6.07, 6.45) is 14.5. The van der Waals surface area contributed by atoms with Crippen LogP contribution in [0.1, 0.15) is 189 Å². The second-order valence-electron chi connectivity index (χ2n) is 32.9. The van der Waals surface area contributed by atoms with Crippen molar-refractivity contribution in [3.63, 3.8) is 0 Å². The number of nitrogens with one attached hydrogen (secondary N) is 1. The predicted octanol–water partition coefficient (Wildman–Crippen LogP) is 16.1. The third kappa shape index (κ3) is 19.9. The summed E-state index contributed by atoms with van der Waals surface area (Å²) < 4.78 is 67.1. The quantitative estimate of drug-likeness (QED) is 0.0229. The fourth-order valence-corrected chi connectivity index (χ4v) is 18.4. The van der Waals surface area contributed by atoms with Crippen molar-refractivity contribution in [1.82, 2.24) is 25.0 Å². The van der Waals surface area contributed by atoms with Gasteiger partial charge in [0.1, 0.15) is 6.10 Å². The molecule has 4 N–H and O–H groups in total. The third-order valence-electron chi connectivity index (χ3n) is 26.0. The Balaban J connectivity index is 0.000000165. The first-order valence-corrected chi connectivity index (χ1v) is 40.7. The van der Waals surface area contributed by atoms with Crippen LogP contribution in [-0.2, 0) is 31.8 Å². The van der Waals surface area contributed by atoms with Gasteiger partial charge in [-0.05, 0) is 187 Å². The van der Waals surface area contributed by atoms with Crippen LogP contribution in [-0.4, -0.2) is 223 Å². The van der Waals surface area contributed by atoms with E-state index in [-0.39, 0.29) is 71.8 Å². The molecule has 5 unspecified atom stereocenters. The minimum absolute atomic E-state index is 0.0406. The van der Waals surface area contributed by atoms with Crippen molar-refractivity contribution in [2.24, 2.45) is 42.2 Å². The molecule has 5 aromatic carbocycles. The van der Waals surface area contributed by atoms with Gasteiger partial charge in [-0.15, -0.1) is 0 Å². The number of ether oxygens (including phenoxy) is 12. The molecule has 0 spiro atoms. The number of hydrazone groups is 1. The van der Waals surface area contributed by atoms with Crippen LogP contribution in [0.4, 0.5) is 19.2 Å². The van der Waals surface area contributed by atoms with E-state index in [0.29, 0.717) is 92.5 Å². The van der Waals surface area contributed by atoms with Crippen molar-refractivity contribution in [2.75, 3.05) is 116 Å².